The third kappa shape index (κ3) is 5.74. The van der Waals surface area contributed by atoms with Crippen LogP contribution in [0, 0.1) is 0 Å². The molecule has 0 bridgehead atoms. The molecule has 2 aliphatic heterocycles. The molecule has 1 saturated heterocycles. The quantitative estimate of drug-likeness (QED) is 0.558. The van der Waals surface area contributed by atoms with Gasteiger partial charge in [-0.2, -0.15) is 21.6 Å². The van der Waals surface area contributed by atoms with Gasteiger partial charge >= 0.3 is 6.18 Å². The molecule has 192 valence electrons. The third-order valence-electron chi connectivity index (χ3n) is 6.26. The third-order valence-corrected chi connectivity index (χ3v) is 6.86. The SMILES string of the molecule is CCc1cn(CCOS(C)(=O)=O)c(C2CCN(c3ncnc4c3[C@H](C(F)(F)F)CC(=O)N4)CC2)n1. The van der Waals surface area contributed by atoms with Crippen molar-refractivity contribution in [2.45, 2.75) is 57.2 Å². The highest BCUT2D eigenvalue weighted by Gasteiger charge is 2.48. The molecule has 0 aromatic carbocycles. The van der Waals surface area contributed by atoms with E-state index in [2.05, 4.69) is 15.3 Å². The van der Waals surface area contributed by atoms with Crippen LogP contribution in [0.1, 0.15) is 55.1 Å². The molecule has 0 radical (unpaired) electrons. The van der Waals surface area contributed by atoms with Crippen molar-refractivity contribution in [2.75, 3.05) is 36.2 Å². The number of hydrogen-bond donors (Lipinski definition) is 1. The number of carbonyl (C=O) groups is 1. The fourth-order valence-electron chi connectivity index (χ4n) is 4.61. The Morgan fingerprint density at radius 1 is 1.23 bits per heavy atom. The fourth-order valence-corrected chi connectivity index (χ4v) is 4.98. The second kappa shape index (κ2) is 9.72. The average Bonchev–Trinajstić information content (AvgIpc) is 3.20. The lowest BCUT2D eigenvalue weighted by atomic mass is 9.90. The van der Waals surface area contributed by atoms with E-state index in [1.165, 1.54) is 6.33 Å². The molecule has 1 atom stereocenters. The molecule has 4 rings (SSSR count). The molecule has 35 heavy (non-hydrogen) atoms. The number of aryl methyl sites for hydroxylation is 1. The van der Waals surface area contributed by atoms with Crippen molar-refractivity contribution in [3.05, 3.63) is 29.6 Å². The molecular weight excluding hydrogens is 489 g/mol. The van der Waals surface area contributed by atoms with Gasteiger partial charge in [-0.15, -0.1) is 0 Å². The Morgan fingerprint density at radius 2 is 1.94 bits per heavy atom. The largest absolute Gasteiger partial charge is 0.396 e. The van der Waals surface area contributed by atoms with E-state index in [9.17, 15) is 26.4 Å². The summed E-state index contributed by atoms with van der Waals surface area (Å²) >= 11 is 0. The lowest BCUT2D eigenvalue weighted by molar-refractivity contribution is -0.156. The molecule has 1 amide bonds. The van der Waals surface area contributed by atoms with Gasteiger partial charge in [0.05, 0.1) is 30.0 Å². The fraction of sp³-hybridized carbons (Fsp3) is 0.619. The van der Waals surface area contributed by atoms with E-state index in [4.69, 9.17) is 9.17 Å². The number of aromatic nitrogens is 4. The number of rotatable bonds is 7. The minimum absolute atomic E-state index is 0.0121. The van der Waals surface area contributed by atoms with Gasteiger partial charge in [0, 0.05) is 38.2 Å². The Hall–Kier alpha value is -2.74. The van der Waals surface area contributed by atoms with Crippen molar-refractivity contribution in [1.82, 2.24) is 19.5 Å². The molecule has 1 fully saturated rings. The summed E-state index contributed by atoms with van der Waals surface area (Å²) in [6.07, 6.45) is 0.703. The van der Waals surface area contributed by atoms with Gasteiger partial charge in [-0.1, -0.05) is 6.92 Å². The van der Waals surface area contributed by atoms with Crippen LogP contribution in [0.3, 0.4) is 0 Å². The van der Waals surface area contributed by atoms with Crippen LogP contribution in [0.25, 0.3) is 0 Å². The summed E-state index contributed by atoms with van der Waals surface area (Å²) in [6, 6.07) is 0. The first-order valence-corrected chi connectivity index (χ1v) is 13.1. The lowest BCUT2D eigenvalue weighted by Gasteiger charge is -2.36. The topological polar surface area (TPSA) is 119 Å². The number of alkyl halides is 3. The van der Waals surface area contributed by atoms with Crippen molar-refractivity contribution >= 4 is 27.7 Å². The van der Waals surface area contributed by atoms with E-state index in [1.807, 2.05) is 17.7 Å². The molecule has 10 nitrogen and oxygen atoms in total. The molecule has 0 saturated carbocycles. The summed E-state index contributed by atoms with van der Waals surface area (Å²) in [5.41, 5.74) is 0.779. The Kier molecular flexibility index (Phi) is 7.04. The summed E-state index contributed by atoms with van der Waals surface area (Å²) < 4.78 is 70.6. The number of halogens is 3. The van der Waals surface area contributed by atoms with E-state index >= 15 is 0 Å². The van der Waals surface area contributed by atoms with E-state index in [0.29, 0.717) is 38.9 Å². The van der Waals surface area contributed by atoms with E-state index < -0.39 is 34.5 Å². The molecular formula is C21H27F3N6O4S. The van der Waals surface area contributed by atoms with Crippen molar-refractivity contribution in [2.24, 2.45) is 0 Å². The predicted molar refractivity (Wildman–Crippen MR) is 121 cm³/mol. The maximum Gasteiger partial charge on any atom is 0.396 e. The van der Waals surface area contributed by atoms with Crippen LogP contribution >= 0.6 is 0 Å². The number of nitrogens with zero attached hydrogens (tertiary/aromatic N) is 5. The number of anilines is 2. The Balaban J connectivity index is 1.52. The zero-order chi connectivity index (χ0) is 25.4. The molecule has 0 unspecified atom stereocenters. The summed E-state index contributed by atoms with van der Waals surface area (Å²) in [5.74, 6) is -1.73. The molecule has 2 aromatic heterocycles. The van der Waals surface area contributed by atoms with Gasteiger partial charge in [0.1, 0.15) is 23.8 Å². The van der Waals surface area contributed by atoms with Crippen LogP contribution in [0.5, 0.6) is 0 Å². The van der Waals surface area contributed by atoms with Crippen LogP contribution < -0.4 is 10.2 Å². The number of nitrogens with one attached hydrogen (secondary N) is 1. The number of amides is 1. The Morgan fingerprint density at radius 3 is 2.57 bits per heavy atom. The first-order valence-electron chi connectivity index (χ1n) is 11.3. The van der Waals surface area contributed by atoms with Crippen molar-refractivity contribution in [3.63, 3.8) is 0 Å². The van der Waals surface area contributed by atoms with Crippen LogP contribution in [0.2, 0.25) is 0 Å². The summed E-state index contributed by atoms with van der Waals surface area (Å²) in [4.78, 5) is 26.4. The minimum atomic E-state index is -4.60. The summed E-state index contributed by atoms with van der Waals surface area (Å²) in [6.45, 7) is 3.17. The zero-order valence-electron chi connectivity index (χ0n) is 19.4. The smallest absolute Gasteiger partial charge is 0.356 e. The predicted octanol–water partition coefficient (Wildman–Crippen LogP) is 2.58. The number of hydrogen-bond acceptors (Lipinski definition) is 8. The standard InChI is InChI=1S/C21H27F3N6O4S/c1-3-14-11-30(8-9-34-35(2,32)33)19(27-14)13-4-6-29(7-5-13)20-17-15(21(22,23)24)10-16(31)28-18(17)25-12-26-20/h11-13,15H,3-10H2,1-2H3,(H,25,26,28,31)/t15-/m1/s1. The van der Waals surface area contributed by atoms with Crippen LogP contribution in [-0.4, -0.2) is 66.0 Å². The van der Waals surface area contributed by atoms with Gasteiger partial charge in [0.2, 0.25) is 5.91 Å². The van der Waals surface area contributed by atoms with Crippen LogP contribution in [-0.2, 0) is 32.1 Å². The number of piperidine rings is 1. The van der Waals surface area contributed by atoms with Gasteiger partial charge in [0.25, 0.3) is 10.1 Å². The van der Waals surface area contributed by atoms with Gasteiger partial charge in [-0.3, -0.25) is 8.98 Å². The maximum atomic E-state index is 13.8. The van der Waals surface area contributed by atoms with Crippen LogP contribution in [0.4, 0.5) is 24.8 Å². The normalized spacial score (nSPS) is 19.5. The average molecular weight is 517 g/mol. The first-order chi connectivity index (χ1) is 16.5. The number of fused-ring (bicyclic) bond motifs is 1. The zero-order valence-corrected chi connectivity index (χ0v) is 20.2. The number of carbonyl (C=O) groups excluding carboxylic acids is 1. The molecule has 14 heteroatoms. The van der Waals surface area contributed by atoms with Gasteiger partial charge in [-0.05, 0) is 19.3 Å². The minimum Gasteiger partial charge on any atom is -0.356 e. The van der Waals surface area contributed by atoms with E-state index in [-0.39, 0.29) is 29.7 Å². The highest BCUT2D eigenvalue weighted by Crippen LogP contribution is 2.46. The molecule has 1 N–H and O–H groups in total. The van der Waals surface area contributed by atoms with E-state index in [1.54, 1.807) is 4.90 Å². The molecule has 2 aromatic rings. The molecule has 4 heterocycles. The molecule has 0 spiro atoms. The highest BCUT2D eigenvalue weighted by atomic mass is 32.2. The molecule has 2 aliphatic rings. The van der Waals surface area contributed by atoms with Crippen molar-refractivity contribution < 1.29 is 30.6 Å². The Bertz CT molecular complexity index is 1190. The monoisotopic (exact) mass is 516 g/mol. The highest BCUT2D eigenvalue weighted by molar-refractivity contribution is 7.85. The van der Waals surface area contributed by atoms with Crippen molar-refractivity contribution in [1.29, 1.82) is 0 Å². The van der Waals surface area contributed by atoms with Crippen LogP contribution in [0.15, 0.2) is 12.5 Å². The Labute approximate surface area is 201 Å². The van der Waals surface area contributed by atoms with E-state index in [0.717, 1.165) is 17.8 Å². The van der Waals surface area contributed by atoms with Gasteiger partial charge < -0.3 is 14.8 Å². The lowest BCUT2D eigenvalue weighted by Crippen LogP contribution is -2.38. The first kappa shape index (κ1) is 25.4. The maximum absolute atomic E-state index is 13.8. The van der Waals surface area contributed by atoms with Gasteiger partial charge in [-0.25, -0.2) is 15.0 Å². The number of imidazole rings is 1. The summed E-state index contributed by atoms with van der Waals surface area (Å²) in [5, 5.41) is 2.44. The second-order valence-corrected chi connectivity index (χ2v) is 10.4. The second-order valence-electron chi connectivity index (χ2n) is 8.73. The summed E-state index contributed by atoms with van der Waals surface area (Å²) in [7, 11) is -3.55. The van der Waals surface area contributed by atoms with Crippen molar-refractivity contribution in [3.8, 4) is 0 Å². The molecule has 0 aliphatic carbocycles. The van der Waals surface area contributed by atoms with Gasteiger partial charge in [0.15, 0.2) is 0 Å².